The number of rotatable bonds is 5. The summed E-state index contributed by atoms with van der Waals surface area (Å²) in [4.78, 5) is 24.8. The molecule has 0 radical (unpaired) electrons. The maximum absolute atomic E-state index is 12.4. The maximum atomic E-state index is 12.4. The predicted octanol–water partition coefficient (Wildman–Crippen LogP) is 2.23. The third kappa shape index (κ3) is 3.97. The molecule has 1 heterocycles. The fourth-order valence-electron chi connectivity index (χ4n) is 3.05. The number of para-hydroxylation sites is 1. The molecule has 1 atom stereocenters. The Kier molecular flexibility index (Phi) is 5.21. The standard InChI is InChI=1S/C20H23N5O2/c1-13-10-15(3)18(11-14(13)2)16(4)21-19(26)12-24-20(27)25(23-22-24)17-8-6-5-7-9-17/h5-11,16H,12H2,1-4H3,(H,21,26)/t16-/m0/s1. The van der Waals surface area contributed by atoms with Crippen molar-refractivity contribution < 1.29 is 4.79 Å². The number of benzene rings is 2. The monoisotopic (exact) mass is 365 g/mol. The number of amides is 1. The zero-order valence-electron chi connectivity index (χ0n) is 15.9. The van der Waals surface area contributed by atoms with Crippen LogP contribution in [0.5, 0.6) is 0 Å². The Hall–Kier alpha value is -3.22. The highest BCUT2D eigenvalue weighted by molar-refractivity contribution is 5.76. The Labute approximate surface area is 157 Å². The van der Waals surface area contributed by atoms with Gasteiger partial charge < -0.3 is 5.32 Å². The maximum Gasteiger partial charge on any atom is 0.368 e. The van der Waals surface area contributed by atoms with Crippen molar-refractivity contribution in [2.24, 2.45) is 0 Å². The molecule has 2 aromatic carbocycles. The Balaban J connectivity index is 1.73. The number of hydrogen-bond donors (Lipinski definition) is 1. The molecule has 0 aliphatic heterocycles. The van der Waals surface area contributed by atoms with Crippen molar-refractivity contribution in [3.63, 3.8) is 0 Å². The number of carbonyl (C=O) groups excluding carboxylic acids is 1. The van der Waals surface area contributed by atoms with Gasteiger partial charge in [-0.1, -0.05) is 30.3 Å². The largest absolute Gasteiger partial charge is 0.368 e. The Morgan fingerprint density at radius 1 is 1.04 bits per heavy atom. The molecule has 0 fully saturated rings. The van der Waals surface area contributed by atoms with Gasteiger partial charge in [0.2, 0.25) is 5.91 Å². The van der Waals surface area contributed by atoms with Crippen molar-refractivity contribution in [1.82, 2.24) is 25.1 Å². The topological polar surface area (TPSA) is 81.8 Å². The van der Waals surface area contributed by atoms with Gasteiger partial charge in [-0.3, -0.25) is 4.79 Å². The number of hydrogen-bond acceptors (Lipinski definition) is 4. The van der Waals surface area contributed by atoms with Gasteiger partial charge in [0.15, 0.2) is 0 Å². The molecular weight excluding hydrogens is 342 g/mol. The molecule has 1 aromatic heterocycles. The second kappa shape index (κ2) is 7.57. The molecule has 27 heavy (non-hydrogen) atoms. The molecule has 3 aromatic rings. The molecule has 0 aliphatic carbocycles. The van der Waals surface area contributed by atoms with Crippen LogP contribution in [0.25, 0.3) is 5.69 Å². The minimum absolute atomic E-state index is 0.170. The van der Waals surface area contributed by atoms with Gasteiger partial charge in [0.1, 0.15) is 6.54 Å². The van der Waals surface area contributed by atoms with Crippen LogP contribution in [-0.2, 0) is 11.3 Å². The zero-order chi connectivity index (χ0) is 19.6. The molecule has 0 bridgehead atoms. The molecule has 3 rings (SSSR count). The lowest BCUT2D eigenvalue weighted by atomic mass is 9.96. The Morgan fingerprint density at radius 2 is 1.70 bits per heavy atom. The first-order valence-corrected chi connectivity index (χ1v) is 8.82. The molecule has 0 saturated heterocycles. The van der Waals surface area contributed by atoms with Crippen LogP contribution in [0.2, 0.25) is 0 Å². The van der Waals surface area contributed by atoms with Gasteiger partial charge >= 0.3 is 5.69 Å². The highest BCUT2D eigenvalue weighted by Gasteiger charge is 2.16. The van der Waals surface area contributed by atoms with Crippen LogP contribution in [0.4, 0.5) is 0 Å². The second-order valence-electron chi connectivity index (χ2n) is 6.75. The molecule has 140 valence electrons. The SMILES string of the molecule is Cc1cc(C)c([C@H](C)NC(=O)Cn2nnn(-c3ccccc3)c2=O)cc1C. The smallest absolute Gasteiger partial charge is 0.348 e. The number of nitrogens with zero attached hydrogens (tertiary/aromatic N) is 4. The number of aromatic nitrogens is 4. The van der Waals surface area contributed by atoms with Crippen LogP contribution in [0, 0.1) is 20.8 Å². The summed E-state index contributed by atoms with van der Waals surface area (Å²) in [5.74, 6) is -0.290. The third-order valence-electron chi connectivity index (χ3n) is 4.66. The fourth-order valence-corrected chi connectivity index (χ4v) is 3.05. The average molecular weight is 365 g/mol. The summed E-state index contributed by atoms with van der Waals surface area (Å²) < 4.78 is 2.23. The summed E-state index contributed by atoms with van der Waals surface area (Å²) in [7, 11) is 0. The predicted molar refractivity (Wildman–Crippen MR) is 103 cm³/mol. The van der Waals surface area contributed by atoms with Crippen LogP contribution in [-0.4, -0.2) is 25.7 Å². The van der Waals surface area contributed by atoms with Gasteiger partial charge in [-0.05, 0) is 72.5 Å². The molecule has 0 unspecified atom stereocenters. The second-order valence-corrected chi connectivity index (χ2v) is 6.75. The van der Waals surface area contributed by atoms with E-state index in [2.05, 4.69) is 34.8 Å². The lowest BCUT2D eigenvalue weighted by molar-refractivity contribution is -0.122. The van der Waals surface area contributed by atoms with Crippen molar-refractivity contribution in [3.8, 4) is 5.69 Å². The van der Waals surface area contributed by atoms with Crippen molar-refractivity contribution in [2.45, 2.75) is 40.3 Å². The lowest BCUT2D eigenvalue weighted by Crippen LogP contribution is -2.35. The Morgan fingerprint density at radius 3 is 2.41 bits per heavy atom. The first-order valence-electron chi connectivity index (χ1n) is 8.82. The minimum atomic E-state index is -0.452. The fraction of sp³-hybridized carbons (Fsp3) is 0.300. The Bertz CT molecular complexity index is 1020. The van der Waals surface area contributed by atoms with Crippen molar-refractivity contribution in [3.05, 3.63) is 75.2 Å². The van der Waals surface area contributed by atoms with Gasteiger partial charge in [0.05, 0.1) is 11.7 Å². The third-order valence-corrected chi connectivity index (χ3v) is 4.66. The van der Waals surface area contributed by atoms with Gasteiger partial charge in [0.25, 0.3) is 0 Å². The van der Waals surface area contributed by atoms with Crippen LogP contribution in [0.1, 0.15) is 35.2 Å². The van der Waals surface area contributed by atoms with Crippen LogP contribution in [0.3, 0.4) is 0 Å². The molecule has 0 saturated carbocycles. The van der Waals surface area contributed by atoms with E-state index < -0.39 is 5.69 Å². The van der Waals surface area contributed by atoms with Gasteiger partial charge in [-0.2, -0.15) is 9.36 Å². The van der Waals surface area contributed by atoms with E-state index in [1.807, 2.05) is 26.8 Å². The molecule has 1 amide bonds. The summed E-state index contributed by atoms with van der Waals surface area (Å²) in [5, 5.41) is 10.6. The van der Waals surface area contributed by atoms with Crippen molar-refractivity contribution in [2.75, 3.05) is 0 Å². The minimum Gasteiger partial charge on any atom is -0.348 e. The molecule has 7 heteroatoms. The number of aryl methyl sites for hydroxylation is 3. The number of tetrazole rings is 1. The molecule has 0 aliphatic rings. The van der Waals surface area contributed by atoms with Crippen molar-refractivity contribution in [1.29, 1.82) is 0 Å². The van der Waals surface area contributed by atoms with Crippen LogP contribution >= 0.6 is 0 Å². The van der Waals surface area contributed by atoms with Crippen LogP contribution in [0.15, 0.2) is 47.3 Å². The quantitative estimate of drug-likeness (QED) is 0.752. The summed E-state index contributed by atoms with van der Waals surface area (Å²) in [5.41, 5.74) is 4.74. The zero-order valence-corrected chi connectivity index (χ0v) is 15.9. The number of nitrogens with one attached hydrogen (secondary N) is 1. The van der Waals surface area contributed by atoms with E-state index in [1.54, 1.807) is 24.3 Å². The summed E-state index contributed by atoms with van der Waals surface area (Å²) in [6.45, 7) is 7.89. The average Bonchev–Trinajstić information content (AvgIpc) is 2.99. The normalized spacial score (nSPS) is 12.0. The van der Waals surface area contributed by atoms with E-state index in [1.165, 1.54) is 15.8 Å². The van der Waals surface area contributed by atoms with E-state index >= 15 is 0 Å². The summed E-state index contributed by atoms with van der Waals surface area (Å²) in [6.07, 6.45) is 0. The van der Waals surface area contributed by atoms with Crippen molar-refractivity contribution >= 4 is 5.91 Å². The molecule has 1 N–H and O–H groups in total. The van der Waals surface area contributed by atoms with Gasteiger partial charge in [-0.25, -0.2) is 4.79 Å². The molecule has 0 spiro atoms. The van der Waals surface area contributed by atoms with Gasteiger partial charge in [0, 0.05) is 0 Å². The highest BCUT2D eigenvalue weighted by Crippen LogP contribution is 2.21. The summed E-state index contributed by atoms with van der Waals surface area (Å²) in [6, 6.07) is 13.0. The van der Waals surface area contributed by atoms with E-state index in [9.17, 15) is 9.59 Å². The lowest BCUT2D eigenvalue weighted by Gasteiger charge is -2.18. The summed E-state index contributed by atoms with van der Waals surface area (Å²) >= 11 is 0. The van der Waals surface area contributed by atoms with E-state index in [0.717, 1.165) is 15.8 Å². The van der Waals surface area contributed by atoms with E-state index in [-0.39, 0.29) is 18.5 Å². The van der Waals surface area contributed by atoms with E-state index in [4.69, 9.17) is 0 Å². The molecular formula is C20H23N5O2. The first-order chi connectivity index (χ1) is 12.9. The van der Waals surface area contributed by atoms with Crippen LogP contribution < -0.4 is 11.0 Å². The number of carbonyl (C=O) groups is 1. The first kappa shape index (κ1) is 18.6. The van der Waals surface area contributed by atoms with Gasteiger partial charge in [-0.15, -0.1) is 0 Å². The highest BCUT2D eigenvalue weighted by atomic mass is 16.2. The van der Waals surface area contributed by atoms with E-state index in [0.29, 0.717) is 5.69 Å². The molecule has 7 nitrogen and oxygen atoms in total.